The number of anilines is 2. The number of carbonyl (C=O) groups excluding carboxylic acids is 2. The summed E-state index contributed by atoms with van der Waals surface area (Å²) >= 11 is 0. The number of hydrogen-bond acceptors (Lipinski definition) is 6. The fourth-order valence-electron chi connectivity index (χ4n) is 3.56. The number of nitrogens with one attached hydrogen (secondary N) is 2. The highest BCUT2D eigenvalue weighted by molar-refractivity contribution is 7.87. The van der Waals surface area contributed by atoms with Gasteiger partial charge >= 0.3 is 22.1 Å². The van der Waals surface area contributed by atoms with E-state index in [9.17, 15) is 18.0 Å². The first-order valence-corrected chi connectivity index (χ1v) is 12.0. The number of benzene rings is 4. The first kappa shape index (κ1) is 23.8. The van der Waals surface area contributed by atoms with Crippen molar-refractivity contribution >= 4 is 44.3 Å². The molecule has 9 heteroatoms. The molecular formula is C26H22N2O6S. The topological polar surface area (TPSA) is 111 Å². The van der Waals surface area contributed by atoms with Gasteiger partial charge in [0.05, 0.1) is 18.4 Å². The van der Waals surface area contributed by atoms with E-state index in [0.29, 0.717) is 11.1 Å². The van der Waals surface area contributed by atoms with Crippen LogP contribution in [-0.4, -0.2) is 27.5 Å². The molecule has 0 aliphatic heterocycles. The van der Waals surface area contributed by atoms with Gasteiger partial charge in [-0.15, -0.1) is 0 Å². The minimum Gasteiger partial charge on any atom is -0.465 e. The third kappa shape index (κ3) is 5.42. The van der Waals surface area contributed by atoms with Crippen LogP contribution < -0.4 is 14.8 Å². The summed E-state index contributed by atoms with van der Waals surface area (Å²) in [6, 6.07) is 22.4. The lowest BCUT2D eigenvalue weighted by Gasteiger charge is -2.14. The molecule has 0 unspecified atom stereocenters. The van der Waals surface area contributed by atoms with E-state index < -0.39 is 22.1 Å². The number of amides is 2. The van der Waals surface area contributed by atoms with Crippen LogP contribution >= 0.6 is 0 Å². The fourth-order valence-corrected chi connectivity index (χ4v) is 4.70. The van der Waals surface area contributed by atoms with Gasteiger partial charge in [-0.25, -0.2) is 9.59 Å². The fraction of sp³-hybridized carbons (Fsp3) is 0.0769. The molecule has 8 nitrogen and oxygen atoms in total. The molecule has 0 saturated carbocycles. The number of rotatable bonds is 6. The smallest absolute Gasteiger partial charge is 0.340 e. The zero-order chi connectivity index (χ0) is 25.0. The maximum atomic E-state index is 13.0. The largest absolute Gasteiger partial charge is 0.465 e. The minimum absolute atomic E-state index is 0.00467. The number of carbonyl (C=O) groups is 2. The first-order chi connectivity index (χ1) is 16.8. The monoisotopic (exact) mass is 490 g/mol. The normalized spacial score (nSPS) is 11.0. The number of methoxy groups -OCH3 is 1. The molecule has 0 saturated heterocycles. The van der Waals surface area contributed by atoms with Crippen molar-refractivity contribution in [2.75, 3.05) is 17.7 Å². The standard InChI is InChI=1S/C26H22N2O6S/c1-17-7-5-10-19(15-17)27-26(30)28-23-14-13-20(16-22(23)25(29)33-2)34-35(31,32)24-12-6-9-18-8-3-4-11-21(18)24/h3-16H,1-2H3,(H2,27,28,30). The third-order valence-electron chi connectivity index (χ3n) is 5.15. The van der Waals surface area contributed by atoms with E-state index in [4.69, 9.17) is 8.92 Å². The summed E-state index contributed by atoms with van der Waals surface area (Å²) < 4.78 is 36.2. The van der Waals surface area contributed by atoms with Gasteiger partial charge in [-0.05, 0) is 54.3 Å². The van der Waals surface area contributed by atoms with Crippen LogP contribution in [0, 0.1) is 6.92 Å². The lowest BCUT2D eigenvalue weighted by Crippen LogP contribution is -2.21. The first-order valence-electron chi connectivity index (χ1n) is 10.6. The quantitative estimate of drug-likeness (QED) is 0.279. The van der Waals surface area contributed by atoms with Crippen LogP contribution in [0.4, 0.5) is 16.2 Å². The van der Waals surface area contributed by atoms with Crippen molar-refractivity contribution in [2.24, 2.45) is 0 Å². The summed E-state index contributed by atoms with van der Waals surface area (Å²) in [7, 11) is -3.04. The van der Waals surface area contributed by atoms with Crippen LogP contribution in [0.15, 0.2) is 89.8 Å². The second-order valence-corrected chi connectivity index (χ2v) is 9.18. The number of hydrogen-bond donors (Lipinski definition) is 2. The lowest BCUT2D eigenvalue weighted by atomic mass is 10.1. The Kier molecular flexibility index (Phi) is 6.70. The van der Waals surface area contributed by atoms with Crippen molar-refractivity contribution in [1.29, 1.82) is 0 Å². The highest BCUT2D eigenvalue weighted by atomic mass is 32.2. The summed E-state index contributed by atoms with van der Waals surface area (Å²) in [6.07, 6.45) is 0. The highest BCUT2D eigenvalue weighted by Gasteiger charge is 2.22. The lowest BCUT2D eigenvalue weighted by molar-refractivity contribution is 0.0601. The Morgan fingerprint density at radius 1 is 0.829 bits per heavy atom. The molecule has 35 heavy (non-hydrogen) atoms. The predicted octanol–water partition coefficient (Wildman–Crippen LogP) is 5.35. The molecule has 0 aliphatic rings. The molecule has 0 heterocycles. The summed E-state index contributed by atoms with van der Waals surface area (Å²) in [5.74, 6) is -0.883. The van der Waals surface area contributed by atoms with E-state index in [1.165, 1.54) is 31.4 Å². The van der Waals surface area contributed by atoms with Crippen molar-refractivity contribution in [3.8, 4) is 5.75 Å². The van der Waals surface area contributed by atoms with Gasteiger partial charge in [-0.2, -0.15) is 8.42 Å². The van der Waals surface area contributed by atoms with E-state index in [2.05, 4.69) is 10.6 Å². The van der Waals surface area contributed by atoms with Crippen LogP contribution in [0.3, 0.4) is 0 Å². The molecule has 0 atom stereocenters. The van der Waals surface area contributed by atoms with E-state index in [-0.39, 0.29) is 21.9 Å². The number of ether oxygens (including phenoxy) is 1. The van der Waals surface area contributed by atoms with Gasteiger partial charge in [-0.1, -0.05) is 48.5 Å². The molecule has 0 aromatic heterocycles. The Morgan fingerprint density at radius 2 is 1.57 bits per heavy atom. The van der Waals surface area contributed by atoms with E-state index in [0.717, 1.165) is 10.9 Å². The highest BCUT2D eigenvalue weighted by Crippen LogP contribution is 2.29. The van der Waals surface area contributed by atoms with Gasteiger partial charge in [0, 0.05) is 11.1 Å². The van der Waals surface area contributed by atoms with Crippen molar-refractivity contribution in [2.45, 2.75) is 11.8 Å². The minimum atomic E-state index is -4.22. The van der Waals surface area contributed by atoms with E-state index in [1.807, 2.05) is 19.1 Å². The van der Waals surface area contributed by atoms with Crippen molar-refractivity contribution in [1.82, 2.24) is 0 Å². The predicted molar refractivity (Wildman–Crippen MR) is 133 cm³/mol. The average molecular weight is 491 g/mol. The molecular weight excluding hydrogens is 468 g/mol. The van der Waals surface area contributed by atoms with E-state index >= 15 is 0 Å². The number of urea groups is 1. The number of aryl methyl sites for hydroxylation is 1. The number of esters is 1. The molecule has 0 radical (unpaired) electrons. The van der Waals surface area contributed by atoms with Crippen LogP contribution in [0.5, 0.6) is 5.75 Å². The van der Waals surface area contributed by atoms with Gasteiger partial charge in [0.25, 0.3) is 0 Å². The third-order valence-corrected chi connectivity index (χ3v) is 6.45. The van der Waals surface area contributed by atoms with Crippen LogP contribution in [0.1, 0.15) is 15.9 Å². The molecule has 0 spiro atoms. The Morgan fingerprint density at radius 3 is 2.34 bits per heavy atom. The molecule has 2 amide bonds. The zero-order valence-electron chi connectivity index (χ0n) is 18.9. The maximum absolute atomic E-state index is 13.0. The molecule has 4 aromatic rings. The summed E-state index contributed by atoms with van der Waals surface area (Å²) in [6.45, 7) is 1.89. The van der Waals surface area contributed by atoms with Gasteiger partial charge in [0.2, 0.25) is 0 Å². The van der Waals surface area contributed by atoms with Crippen LogP contribution in [0.2, 0.25) is 0 Å². The molecule has 178 valence electrons. The molecule has 2 N–H and O–H groups in total. The van der Waals surface area contributed by atoms with Gasteiger partial charge in [0.1, 0.15) is 10.6 Å². The van der Waals surface area contributed by atoms with Crippen molar-refractivity contribution in [3.63, 3.8) is 0 Å². The van der Waals surface area contributed by atoms with Crippen molar-refractivity contribution in [3.05, 3.63) is 96.1 Å². The summed E-state index contributed by atoms with van der Waals surface area (Å²) in [5.41, 5.74) is 1.59. The zero-order valence-corrected chi connectivity index (χ0v) is 19.8. The Bertz CT molecular complexity index is 1530. The maximum Gasteiger partial charge on any atom is 0.340 e. The Labute approximate surface area is 202 Å². The van der Waals surface area contributed by atoms with Gasteiger partial charge in [-0.3, -0.25) is 0 Å². The van der Waals surface area contributed by atoms with Crippen molar-refractivity contribution < 1.29 is 26.9 Å². The van der Waals surface area contributed by atoms with Gasteiger partial charge < -0.3 is 19.6 Å². The van der Waals surface area contributed by atoms with Gasteiger partial charge in [0.15, 0.2) is 0 Å². The SMILES string of the molecule is COC(=O)c1cc(OS(=O)(=O)c2cccc3ccccc23)ccc1NC(=O)Nc1cccc(C)c1. The summed E-state index contributed by atoms with van der Waals surface area (Å²) in [5, 5.41) is 6.51. The molecule has 0 fully saturated rings. The van der Waals surface area contributed by atoms with E-state index in [1.54, 1.807) is 48.5 Å². The molecule has 0 aliphatic carbocycles. The molecule has 4 rings (SSSR count). The summed E-state index contributed by atoms with van der Waals surface area (Å²) in [4.78, 5) is 24.9. The Balaban J connectivity index is 1.61. The number of fused-ring (bicyclic) bond motifs is 1. The second kappa shape index (κ2) is 9.86. The molecule has 4 aromatic carbocycles. The van der Waals surface area contributed by atoms with Crippen LogP contribution in [0.25, 0.3) is 10.8 Å². The molecule has 0 bridgehead atoms. The van der Waals surface area contributed by atoms with Crippen LogP contribution in [-0.2, 0) is 14.9 Å². The second-order valence-electron chi connectivity index (χ2n) is 7.66. The Hall–Kier alpha value is -4.37. The average Bonchev–Trinajstić information content (AvgIpc) is 2.84.